The normalized spacial score (nSPS) is 25.5. The van der Waals surface area contributed by atoms with E-state index in [1.54, 1.807) is 12.8 Å². The zero-order chi connectivity index (χ0) is 10.7. The van der Waals surface area contributed by atoms with Crippen molar-refractivity contribution in [1.82, 2.24) is 4.90 Å². The Hall–Kier alpha value is -0.920. The van der Waals surface area contributed by atoms with Crippen LogP contribution in [0.2, 0.25) is 0 Å². The van der Waals surface area contributed by atoms with E-state index in [9.17, 15) is 0 Å². The number of methoxy groups -OCH3 is 1. The summed E-state index contributed by atoms with van der Waals surface area (Å²) in [4.78, 5) is 2.55. The fraction of sp³-hybridized carbons (Fsp3) is 0.692. The van der Waals surface area contributed by atoms with E-state index in [1.807, 2.05) is 0 Å². The van der Waals surface area contributed by atoms with E-state index in [2.05, 4.69) is 24.0 Å². The van der Waals surface area contributed by atoms with Gasteiger partial charge in [0, 0.05) is 31.1 Å². The number of fused-ring (bicyclic) bond motifs is 1. The van der Waals surface area contributed by atoms with Crippen molar-refractivity contribution in [1.29, 1.82) is 0 Å². The van der Waals surface area contributed by atoms with E-state index in [-0.39, 0.29) is 0 Å². The zero-order valence-corrected chi connectivity index (χ0v) is 9.83. The second-order valence-electron chi connectivity index (χ2n) is 4.46. The number of ether oxygens (including phenoxy) is 1. The molecule has 0 N–H and O–H groups in total. The smallest absolute Gasteiger partial charge is 0.0962 e. The van der Waals surface area contributed by atoms with E-state index in [0.717, 1.165) is 12.2 Å². The van der Waals surface area contributed by atoms with Gasteiger partial charge in [0.15, 0.2) is 0 Å². The second-order valence-corrected chi connectivity index (χ2v) is 4.46. The van der Waals surface area contributed by atoms with E-state index < -0.39 is 0 Å². The van der Waals surface area contributed by atoms with Gasteiger partial charge in [-0.15, -0.1) is 0 Å². The zero-order valence-electron chi connectivity index (χ0n) is 9.83. The molecule has 84 valence electrons. The lowest BCUT2D eigenvalue weighted by Gasteiger charge is -2.38. The van der Waals surface area contributed by atoms with Crippen LogP contribution in [-0.2, 0) is 4.74 Å². The molecule has 1 heterocycles. The summed E-state index contributed by atoms with van der Waals surface area (Å²) in [5.74, 6) is 1.85. The first-order chi connectivity index (χ1) is 7.35. The molecule has 2 aliphatic rings. The largest absolute Gasteiger partial charge is 0.501 e. The van der Waals surface area contributed by atoms with Gasteiger partial charge in [0.25, 0.3) is 0 Å². The van der Waals surface area contributed by atoms with Crippen molar-refractivity contribution >= 4 is 0 Å². The van der Waals surface area contributed by atoms with Crippen LogP contribution in [0.5, 0.6) is 0 Å². The van der Waals surface area contributed by atoms with Crippen molar-refractivity contribution in [3.8, 4) is 0 Å². The molecule has 2 heteroatoms. The van der Waals surface area contributed by atoms with E-state index in [1.165, 1.54) is 32.4 Å². The molecule has 0 radical (unpaired) electrons. The summed E-state index contributed by atoms with van der Waals surface area (Å²) in [7, 11) is 1.78. The van der Waals surface area contributed by atoms with Crippen LogP contribution in [-0.4, -0.2) is 25.1 Å². The third-order valence-electron chi connectivity index (χ3n) is 3.41. The number of allylic oxidation sites excluding steroid dienone is 4. The van der Waals surface area contributed by atoms with Gasteiger partial charge in [-0.25, -0.2) is 0 Å². The molecule has 1 atom stereocenters. The lowest BCUT2D eigenvalue weighted by Crippen LogP contribution is -2.35. The Morgan fingerprint density at radius 3 is 3.07 bits per heavy atom. The average Bonchev–Trinajstić information content (AvgIpc) is 2.29. The maximum atomic E-state index is 5.33. The van der Waals surface area contributed by atoms with Gasteiger partial charge in [0.2, 0.25) is 0 Å². The van der Waals surface area contributed by atoms with Crippen LogP contribution >= 0.6 is 0 Å². The van der Waals surface area contributed by atoms with Gasteiger partial charge in [-0.3, -0.25) is 0 Å². The highest BCUT2D eigenvalue weighted by atomic mass is 16.5. The summed E-state index contributed by atoms with van der Waals surface area (Å²) in [6, 6.07) is 0. The van der Waals surface area contributed by atoms with Crippen LogP contribution in [0, 0.1) is 5.92 Å². The lowest BCUT2D eigenvalue weighted by molar-refractivity contribution is 0.204. The van der Waals surface area contributed by atoms with Gasteiger partial charge >= 0.3 is 0 Å². The standard InChI is InChI=1S/C13H21NO/c1-3-8-14-9-4-5-11-10-12(15-2)6-7-13(11)14/h6-7,11H,3-5,8-10H2,1-2H3/t11-/m0/s1. The van der Waals surface area contributed by atoms with Crippen LogP contribution in [0.25, 0.3) is 0 Å². The Kier molecular flexibility index (Phi) is 3.34. The molecule has 1 saturated heterocycles. The van der Waals surface area contributed by atoms with Crippen LogP contribution in [0.3, 0.4) is 0 Å². The molecule has 1 aliphatic heterocycles. The fourth-order valence-corrected chi connectivity index (χ4v) is 2.66. The van der Waals surface area contributed by atoms with Crippen molar-refractivity contribution < 1.29 is 4.74 Å². The summed E-state index contributed by atoms with van der Waals surface area (Å²) in [5.41, 5.74) is 1.55. The molecular formula is C13H21NO. The molecule has 0 unspecified atom stereocenters. The quantitative estimate of drug-likeness (QED) is 0.705. The van der Waals surface area contributed by atoms with E-state index in [0.29, 0.717) is 5.92 Å². The Bertz CT molecular complexity index is 278. The van der Waals surface area contributed by atoms with Gasteiger partial charge in [0.1, 0.15) is 0 Å². The maximum absolute atomic E-state index is 5.33. The number of hydrogen-bond acceptors (Lipinski definition) is 2. The summed E-state index contributed by atoms with van der Waals surface area (Å²) >= 11 is 0. The van der Waals surface area contributed by atoms with Crippen molar-refractivity contribution in [2.45, 2.75) is 32.6 Å². The molecule has 0 aromatic rings. The summed E-state index contributed by atoms with van der Waals surface area (Å²) in [6.07, 6.45) is 9.40. The second kappa shape index (κ2) is 4.73. The first kappa shape index (κ1) is 10.6. The summed E-state index contributed by atoms with van der Waals surface area (Å²) < 4.78 is 5.33. The molecule has 1 fully saturated rings. The van der Waals surface area contributed by atoms with Crippen LogP contribution in [0.15, 0.2) is 23.6 Å². The first-order valence-corrected chi connectivity index (χ1v) is 6.04. The van der Waals surface area contributed by atoms with Crippen LogP contribution in [0.1, 0.15) is 32.6 Å². The Morgan fingerprint density at radius 1 is 1.47 bits per heavy atom. The topological polar surface area (TPSA) is 12.5 Å². The predicted molar refractivity (Wildman–Crippen MR) is 62.4 cm³/mol. The number of piperidine rings is 1. The van der Waals surface area contributed by atoms with Crippen LogP contribution in [0.4, 0.5) is 0 Å². The third-order valence-corrected chi connectivity index (χ3v) is 3.41. The van der Waals surface area contributed by atoms with Gasteiger partial charge in [-0.05, 0) is 31.4 Å². The molecule has 0 amide bonds. The minimum absolute atomic E-state index is 0.713. The van der Waals surface area contributed by atoms with E-state index in [4.69, 9.17) is 4.74 Å². The highest BCUT2D eigenvalue weighted by Gasteiger charge is 2.27. The molecular weight excluding hydrogens is 186 g/mol. The number of hydrogen-bond donors (Lipinski definition) is 0. The Balaban J connectivity index is 2.12. The molecule has 0 aromatic heterocycles. The van der Waals surface area contributed by atoms with Crippen molar-refractivity contribution in [2.24, 2.45) is 5.92 Å². The molecule has 0 bridgehead atoms. The SMILES string of the molecule is CCCN1CCC[C@H]2CC(OC)=CC=C21. The maximum Gasteiger partial charge on any atom is 0.0962 e. The minimum Gasteiger partial charge on any atom is -0.501 e. The molecule has 0 aromatic carbocycles. The third kappa shape index (κ3) is 2.19. The van der Waals surface area contributed by atoms with Gasteiger partial charge in [-0.2, -0.15) is 0 Å². The summed E-state index contributed by atoms with van der Waals surface area (Å²) in [5, 5.41) is 0. The summed E-state index contributed by atoms with van der Waals surface area (Å²) in [6.45, 7) is 4.70. The molecule has 0 saturated carbocycles. The molecule has 2 nitrogen and oxygen atoms in total. The highest BCUT2D eigenvalue weighted by molar-refractivity contribution is 5.24. The molecule has 0 spiro atoms. The van der Waals surface area contributed by atoms with Crippen molar-refractivity contribution in [3.63, 3.8) is 0 Å². The van der Waals surface area contributed by atoms with Gasteiger partial charge in [-0.1, -0.05) is 6.92 Å². The monoisotopic (exact) mass is 207 g/mol. The minimum atomic E-state index is 0.713. The van der Waals surface area contributed by atoms with Gasteiger partial charge in [0.05, 0.1) is 12.9 Å². The van der Waals surface area contributed by atoms with Crippen LogP contribution < -0.4 is 0 Å². The molecule has 15 heavy (non-hydrogen) atoms. The molecule has 2 rings (SSSR count). The lowest BCUT2D eigenvalue weighted by atomic mass is 9.87. The number of likely N-dealkylation sites (tertiary alicyclic amines) is 1. The number of rotatable bonds is 3. The van der Waals surface area contributed by atoms with Crippen molar-refractivity contribution in [3.05, 3.63) is 23.6 Å². The van der Waals surface area contributed by atoms with E-state index >= 15 is 0 Å². The number of nitrogens with zero attached hydrogens (tertiary/aromatic N) is 1. The fourth-order valence-electron chi connectivity index (χ4n) is 2.66. The Labute approximate surface area is 92.6 Å². The average molecular weight is 207 g/mol. The highest BCUT2D eigenvalue weighted by Crippen LogP contribution is 2.35. The Morgan fingerprint density at radius 2 is 2.33 bits per heavy atom. The molecule has 1 aliphatic carbocycles. The predicted octanol–water partition coefficient (Wildman–Crippen LogP) is 2.93. The first-order valence-electron chi connectivity index (χ1n) is 6.04. The van der Waals surface area contributed by atoms with Crippen molar-refractivity contribution in [2.75, 3.05) is 20.2 Å². The van der Waals surface area contributed by atoms with Gasteiger partial charge < -0.3 is 9.64 Å².